The molecule has 3 N–H and O–H groups in total. The minimum Gasteiger partial charge on any atom is -0.352 e. The van der Waals surface area contributed by atoms with Gasteiger partial charge in [0.15, 0.2) is 0 Å². The van der Waals surface area contributed by atoms with E-state index >= 15 is 0 Å². The van der Waals surface area contributed by atoms with Gasteiger partial charge in [-0.1, -0.05) is 54.1 Å². The van der Waals surface area contributed by atoms with E-state index in [-0.39, 0.29) is 5.91 Å². The van der Waals surface area contributed by atoms with Gasteiger partial charge in [0, 0.05) is 13.0 Å². The average molecular weight is 282 g/mol. The van der Waals surface area contributed by atoms with Gasteiger partial charge in [-0.15, -0.1) is 0 Å². The Morgan fingerprint density at radius 1 is 1.10 bits per heavy atom. The van der Waals surface area contributed by atoms with E-state index in [4.69, 9.17) is 5.73 Å². The van der Waals surface area contributed by atoms with Gasteiger partial charge >= 0.3 is 0 Å². The molecule has 110 valence electrons. The molecule has 3 nitrogen and oxygen atoms in total. The van der Waals surface area contributed by atoms with E-state index in [0.717, 1.165) is 12.0 Å². The van der Waals surface area contributed by atoms with Crippen molar-refractivity contribution in [1.82, 2.24) is 5.32 Å². The van der Waals surface area contributed by atoms with Crippen LogP contribution in [0.4, 0.5) is 0 Å². The summed E-state index contributed by atoms with van der Waals surface area (Å²) in [4.78, 5) is 11.5. The lowest BCUT2D eigenvalue weighted by atomic mass is 10.0. The van der Waals surface area contributed by atoms with Crippen LogP contribution in [0.3, 0.4) is 0 Å². The van der Waals surface area contributed by atoms with Crippen LogP contribution in [0.25, 0.3) is 11.1 Å². The van der Waals surface area contributed by atoms with Gasteiger partial charge in [-0.2, -0.15) is 0 Å². The first-order valence-corrected chi connectivity index (χ1v) is 7.32. The Balaban J connectivity index is 1.94. The summed E-state index contributed by atoms with van der Waals surface area (Å²) in [6, 6.07) is 16.7. The highest BCUT2D eigenvalue weighted by molar-refractivity contribution is 5.75. The predicted molar refractivity (Wildman–Crippen MR) is 86.8 cm³/mol. The summed E-state index contributed by atoms with van der Waals surface area (Å²) in [5.41, 5.74) is 10.2. The summed E-state index contributed by atoms with van der Waals surface area (Å²) in [7, 11) is 0. The SMILES string of the molecule is Cc1cccc(-c2ccc(CNC(=O)CCCN)cc2)c1. The summed E-state index contributed by atoms with van der Waals surface area (Å²) < 4.78 is 0. The first-order valence-electron chi connectivity index (χ1n) is 7.32. The third-order valence-electron chi connectivity index (χ3n) is 3.40. The highest BCUT2D eigenvalue weighted by atomic mass is 16.1. The monoisotopic (exact) mass is 282 g/mol. The molecule has 0 unspecified atom stereocenters. The number of nitrogens with two attached hydrogens (primary N) is 1. The van der Waals surface area contributed by atoms with Crippen LogP contribution in [0.5, 0.6) is 0 Å². The third kappa shape index (κ3) is 4.72. The van der Waals surface area contributed by atoms with E-state index in [1.165, 1.54) is 16.7 Å². The van der Waals surface area contributed by atoms with Crippen LogP contribution in [0.1, 0.15) is 24.0 Å². The minimum atomic E-state index is 0.0585. The van der Waals surface area contributed by atoms with E-state index in [1.54, 1.807) is 0 Å². The van der Waals surface area contributed by atoms with Gasteiger partial charge in [0.05, 0.1) is 0 Å². The van der Waals surface area contributed by atoms with Gasteiger partial charge in [0.25, 0.3) is 0 Å². The van der Waals surface area contributed by atoms with Crippen molar-refractivity contribution in [2.75, 3.05) is 6.54 Å². The zero-order valence-electron chi connectivity index (χ0n) is 12.4. The van der Waals surface area contributed by atoms with Crippen LogP contribution in [-0.4, -0.2) is 12.5 Å². The number of hydrogen-bond donors (Lipinski definition) is 2. The topological polar surface area (TPSA) is 55.1 Å². The summed E-state index contributed by atoms with van der Waals surface area (Å²) in [6.45, 7) is 3.21. The second-order valence-corrected chi connectivity index (χ2v) is 5.24. The molecular weight excluding hydrogens is 260 g/mol. The molecule has 0 fully saturated rings. The molecule has 0 bridgehead atoms. The average Bonchev–Trinajstić information content (AvgIpc) is 2.51. The Kier molecular flexibility index (Phi) is 5.52. The van der Waals surface area contributed by atoms with Gasteiger partial charge < -0.3 is 11.1 Å². The number of rotatable bonds is 6. The van der Waals surface area contributed by atoms with Crippen molar-refractivity contribution in [3.05, 3.63) is 59.7 Å². The first-order chi connectivity index (χ1) is 10.2. The zero-order chi connectivity index (χ0) is 15.1. The van der Waals surface area contributed by atoms with Crippen molar-refractivity contribution < 1.29 is 4.79 Å². The Hall–Kier alpha value is -2.13. The maximum Gasteiger partial charge on any atom is 0.220 e. The minimum absolute atomic E-state index is 0.0585. The van der Waals surface area contributed by atoms with Crippen molar-refractivity contribution >= 4 is 5.91 Å². The van der Waals surface area contributed by atoms with Crippen LogP contribution >= 0.6 is 0 Å². The van der Waals surface area contributed by atoms with Crippen LogP contribution in [0.15, 0.2) is 48.5 Å². The molecule has 0 atom stereocenters. The van der Waals surface area contributed by atoms with Crippen LogP contribution in [0.2, 0.25) is 0 Å². The van der Waals surface area contributed by atoms with Crippen LogP contribution < -0.4 is 11.1 Å². The molecule has 0 aliphatic carbocycles. The molecule has 0 spiro atoms. The summed E-state index contributed by atoms with van der Waals surface area (Å²) in [5, 5.41) is 2.91. The maximum absolute atomic E-state index is 11.5. The van der Waals surface area contributed by atoms with Gasteiger partial charge in [-0.25, -0.2) is 0 Å². The van der Waals surface area contributed by atoms with Gasteiger partial charge in [-0.3, -0.25) is 4.79 Å². The Morgan fingerprint density at radius 2 is 1.86 bits per heavy atom. The fourth-order valence-electron chi connectivity index (χ4n) is 2.19. The molecule has 0 saturated carbocycles. The molecule has 2 aromatic rings. The maximum atomic E-state index is 11.5. The molecule has 2 rings (SSSR count). The van der Waals surface area contributed by atoms with Gasteiger partial charge in [0.2, 0.25) is 5.91 Å². The largest absolute Gasteiger partial charge is 0.352 e. The van der Waals surface area contributed by atoms with Crippen LogP contribution in [0, 0.1) is 6.92 Å². The normalized spacial score (nSPS) is 10.4. The molecule has 2 aromatic carbocycles. The molecule has 1 amide bonds. The number of aryl methyl sites for hydroxylation is 1. The lowest BCUT2D eigenvalue weighted by Crippen LogP contribution is -2.23. The standard InChI is InChI=1S/C18H22N2O/c1-14-4-2-5-17(12-14)16-9-7-15(8-10-16)13-20-18(21)6-3-11-19/h2,4-5,7-10,12H,3,6,11,13,19H2,1H3,(H,20,21). The molecule has 21 heavy (non-hydrogen) atoms. The summed E-state index contributed by atoms with van der Waals surface area (Å²) in [5.74, 6) is 0.0585. The Labute approximate surface area is 126 Å². The number of carbonyl (C=O) groups is 1. The summed E-state index contributed by atoms with van der Waals surface area (Å²) >= 11 is 0. The first kappa shape index (κ1) is 15.3. The van der Waals surface area contributed by atoms with Crippen molar-refractivity contribution in [2.24, 2.45) is 5.73 Å². The van der Waals surface area contributed by atoms with E-state index in [9.17, 15) is 4.79 Å². The van der Waals surface area contributed by atoms with Crippen molar-refractivity contribution in [3.8, 4) is 11.1 Å². The van der Waals surface area contributed by atoms with Gasteiger partial charge in [0.1, 0.15) is 0 Å². The lowest BCUT2D eigenvalue weighted by molar-refractivity contribution is -0.121. The second-order valence-electron chi connectivity index (χ2n) is 5.24. The smallest absolute Gasteiger partial charge is 0.220 e. The van der Waals surface area contributed by atoms with Crippen LogP contribution in [-0.2, 0) is 11.3 Å². The Bertz CT molecular complexity index is 590. The molecule has 3 heteroatoms. The lowest BCUT2D eigenvalue weighted by Gasteiger charge is -2.07. The van der Waals surface area contributed by atoms with E-state index in [1.807, 2.05) is 0 Å². The highest BCUT2D eigenvalue weighted by Gasteiger charge is 2.02. The Morgan fingerprint density at radius 3 is 2.52 bits per heavy atom. The predicted octanol–water partition coefficient (Wildman–Crippen LogP) is 3.02. The fourth-order valence-corrected chi connectivity index (χ4v) is 2.19. The number of amides is 1. The van der Waals surface area contributed by atoms with Crippen molar-refractivity contribution in [1.29, 1.82) is 0 Å². The van der Waals surface area contributed by atoms with E-state index in [2.05, 4.69) is 60.8 Å². The molecule has 0 aliphatic rings. The summed E-state index contributed by atoms with van der Waals surface area (Å²) in [6.07, 6.45) is 1.23. The highest BCUT2D eigenvalue weighted by Crippen LogP contribution is 2.20. The molecule has 0 aromatic heterocycles. The number of benzene rings is 2. The van der Waals surface area contributed by atoms with Crippen molar-refractivity contribution in [3.63, 3.8) is 0 Å². The fraction of sp³-hybridized carbons (Fsp3) is 0.278. The van der Waals surface area contributed by atoms with Crippen molar-refractivity contribution in [2.45, 2.75) is 26.3 Å². The number of hydrogen-bond acceptors (Lipinski definition) is 2. The molecule has 0 saturated heterocycles. The number of carbonyl (C=O) groups excluding carboxylic acids is 1. The van der Waals surface area contributed by atoms with E-state index in [0.29, 0.717) is 19.5 Å². The molecule has 0 heterocycles. The zero-order valence-corrected chi connectivity index (χ0v) is 12.4. The van der Waals surface area contributed by atoms with Gasteiger partial charge in [-0.05, 0) is 36.6 Å². The second kappa shape index (κ2) is 7.60. The quantitative estimate of drug-likeness (QED) is 0.855. The van der Waals surface area contributed by atoms with E-state index < -0.39 is 0 Å². The molecule has 0 radical (unpaired) electrons. The molecular formula is C18H22N2O. The molecule has 0 aliphatic heterocycles. The number of nitrogens with one attached hydrogen (secondary N) is 1. The third-order valence-corrected chi connectivity index (χ3v) is 3.40.